The van der Waals surface area contributed by atoms with E-state index in [9.17, 15) is 4.79 Å². The van der Waals surface area contributed by atoms with Gasteiger partial charge in [0.1, 0.15) is 0 Å². The molecule has 0 fully saturated rings. The van der Waals surface area contributed by atoms with Crippen molar-refractivity contribution in [3.05, 3.63) is 34.9 Å². The van der Waals surface area contributed by atoms with Gasteiger partial charge in [0.05, 0.1) is 20.5 Å². The standard InChI is InChI=1S/C10H10BBrO2/c1-14-10(13)9-3-7(5-11)2-8(4-9)6-12/h2-4H,5-6H2,1H3. The third kappa shape index (κ3) is 2.61. The van der Waals surface area contributed by atoms with Gasteiger partial charge in [0.2, 0.25) is 0 Å². The number of hydrogen-bond donors (Lipinski definition) is 0. The fourth-order valence-electron chi connectivity index (χ4n) is 1.19. The van der Waals surface area contributed by atoms with Crippen molar-refractivity contribution in [2.45, 2.75) is 11.7 Å². The minimum absolute atomic E-state index is 0.331. The summed E-state index contributed by atoms with van der Waals surface area (Å²) >= 11 is 3.33. The van der Waals surface area contributed by atoms with Gasteiger partial charge in [0.15, 0.2) is 0 Å². The van der Waals surface area contributed by atoms with E-state index in [4.69, 9.17) is 7.85 Å². The molecule has 0 saturated heterocycles. The second kappa shape index (κ2) is 5.20. The minimum Gasteiger partial charge on any atom is -0.465 e. The molecule has 1 aromatic rings. The van der Waals surface area contributed by atoms with Crippen molar-refractivity contribution in [3.8, 4) is 0 Å². The molecule has 0 heterocycles. The molecule has 0 N–H and O–H groups in total. The number of esters is 1. The zero-order valence-corrected chi connectivity index (χ0v) is 9.50. The predicted octanol–water partition coefficient (Wildman–Crippen LogP) is 2.04. The molecule has 0 bridgehead atoms. The summed E-state index contributed by atoms with van der Waals surface area (Å²) in [6, 6.07) is 5.50. The van der Waals surface area contributed by atoms with Gasteiger partial charge in [-0.05, 0) is 17.7 Å². The number of carbonyl (C=O) groups is 1. The fourth-order valence-corrected chi connectivity index (χ4v) is 1.52. The van der Waals surface area contributed by atoms with Crippen LogP contribution in [0.4, 0.5) is 0 Å². The van der Waals surface area contributed by atoms with Crippen molar-refractivity contribution >= 4 is 29.7 Å². The molecule has 1 aromatic carbocycles. The molecule has 0 saturated carbocycles. The van der Waals surface area contributed by atoms with Crippen LogP contribution in [-0.2, 0) is 16.4 Å². The van der Waals surface area contributed by atoms with Crippen LogP contribution in [0.3, 0.4) is 0 Å². The van der Waals surface area contributed by atoms with Crippen molar-refractivity contribution in [2.24, 2.45) is 0 Å². The Kier molecular flexibility index (Phi) is 4.20. The molecule has 2 nitrogen and oxygen atoms in total. The number of halogens is 1. The normalized spacial score (nSPS) is 9.86. The quantitative estimate of drug-likeness (QED) is 0.468. The van der Waals surface area contributed by atoms with Crippen LogP contribution in [0.2, 0.25) is 0 Å². The first-order valence-corrected chi connectivity index (χ1v) is 5.30. The number of rotatable bonds is 3. The second-order valence-corrected chi connectivity index (χ2v) is 3.43. The molecule has 0 spiro atoms. The Bertz CT molecular complexity index is 317. The molecule has 0 unspecified atom stereocenters. The molecule has 14 heavy (non-hydrogen) atoms. The first kappa shape index (κ1) is 11.3. The zero-order valence-electron chi connectivity index (χ0n) is 7.92. The zero-order chi connectivity index (χ0) is 10.6. The maximum atomic E-state index is 11.3. The van der Waals surface area contributed by atoms with Crippen molar-refractivity contribution < 1.29 is 9.53 Å². The summed E-state index contributed by atoms with van der Waals surface area (Å²) in [5.74, 6) is -0.331. The van der Waals surface area contributed by atoms with E-state index >= 15 is 0 Å². The topological polar surface area (TPSA) is 26.3 Å². The Balaban J connectivity index is 3.10. The summed E-state index contributed by atoms with van der Waals surface area (Å²) in [6.07, 6.45) is 0.421. The summed E-state index contributed by atoms with van der Waals surface area (Å²) < 4.78 is 4.64. The first-order chi connectivity index (χ1) is 6.71. The Hall–Kier alpha value is -0.765. The van der Waals surface area contributed by atoms with E-state index in [-0.39, 0.29) is 5.97 Å². The molecular weight excluding hydrogens is 243 g/mol. The molecule has 0 amide bonds. The smallest absolute Gasteiger partial charge is 0.337 e. The predicted molar refractivity (Wildman–Crippen MR) is 59.9 cm³/mol. The summed E-state index contributed by atoms with van der Waals surface area (Å²) in [7, 11) is 6.88. The van der Waals surface area contributed by atoms with Crippen molar-refractivity contribution in [2.75, 3.05) is 7.11 Å². The lowest BCUT2D eigenvalue weighted by Gasteiger charge is -2.05. The van der Waals surface area contributed by atoms with E-state index in [1.807, 2.05) is 6.07 Å². The Morgan fingerprint density at radius 2 is 2.07 bits per heavy atom. The van der Waals surface area contributed by atoms with Crippen LogP contribution in [0.5, 0.6) is 0 Å². The van der Waals surface area contributed by atoms with Crippen LogP contribution in [-0.4, -0.2) is 20.9 Å². The lowest BCUT2D eigenvalue weighted by atomic mass is 9.94. The highest BCUT2D eigenvalue weighted by atomic mass is 79.9. The Morgan fingerprint density at radius 1 is 1.43 bits per heavy atom. The molecule has 0 aliphatic carbocycles. The summed E-state index contributed by atoms with van der Waals surface area (Å²) in [5, 5.41) is 0.699. The average Bonchev–Trinajstić information content (AvgIpc) is 2.27. The second-order valence-electron chi connectivity index (χ2n) is 2.87. The van der Waals surface area contributed by atoms with E-state index in [1.54, 1.807) is 12.1 Å². The monoisotopic (exact) mass is 252 g/mol. The van der Waals surface area contributed by atoms with Gasteiger partial charge in [-0.2, -0.15) is 0 Å². The molecule has 0 atom stereocenters. The summed E-state index contributed by atoms with van der Waals surface area (Å²) in [5.41, 5.74) is 2.50. The van der Waals surface area contributed by atoms with E-state index < -0.39 is 0 Å². The van der Waals surface area contributed by atoms with Crippen LogP contribution >= 0.6 is 15.9 Å². The van der Waals surface area contributed by atoms with Crippen molar-refractivity contribution in [3.63, 3.8) is 0 Å². The van der Waals surface area contributed by atoms with Crippen LogP contribution in [0, 0.1) is 0 Å². The Morgan fingerprint density at radius 3 is 2.57 bits per heavy atom. The van der Waals surface area contributed by atoms with Gasteiger partial charge in [-0.25, -0.2) is 4.79 Å². The van der Waals surface area contributed by atoms with Gasteiger partial charge in [-0.15, -0.1) is 0 Å². The highest BCUT2D eigenvalue weighted by molar-refractivity contribution is 9.08. The van der Waals surface area contributed by atoms with E-state index in [1.165, 1.54) is 7.11 Å². The summed E-state index contributed by atoms with van der Waals surface area (Å²) in [6.45, 7) is 0. The van der Waals surface area contributed by atoms with Crippen LogP contribution in [0.15, 0.2) is 18.2 Å². The van der Waals surface area contributed by atoms with Gasteiger partial charge in [-0.1, -0.05) is 33.9 Å². The van der Waals surface area contributed by atoms with E-state index in [0.717, 1.165) is 11.1 Å². The molecular formula is C10H10BBrO2. The van der Waals surface area contributed by atoms with Gasteiger partial charge in [-0.3, -0.25) is 0 Å². The molecule has 0 aliphatic heterocycles. The third-order valence-electron chi connectivity index (χ3n) is 1.86. The highest BCUT2D eigenvalue weighted by Crippen LogP contribution is 2.14. The maximum absolute atomic E-state index is 11.3. The molecule has 1 rings (SSSR count). The minimum atomic E-state index is -0.331. The first-order valence-electron chi connectivity index (χ1n) is 4.18. The number of benzene rings is 1. The Labute approximate surface area is 93.2 Å². The number of ether oxygens (including phenoxy) is 1. The van der Waals surface area contributed by atoms with E-state index in [2.05, 4.69) is 20.7 Å². The molecule has 0 aliphatic rings. The highest BCUT2D eigenvalue weighted by Gasteiger charge is 2.07. The molecule has 4 heteroatoms. The number of hydrogen-bond acceptors (Lipinski definition) is 2. The van der Waals surface area contributed by atoms with Crippen LogP contribution in [0.1, 0.15) is 21.5 Å². The van der Waals surface area contributed by atoms with Gasteiger partial charge in [0, 0.05) is 5.33 Å². The lowest BCUT2D eigenvalue weighted by Crippen LogP contribution is -2.03. The number of alkyl halides is 1. The van der Waals surface area contributed by atoms with Crippen LogP contribution in [0.25, 0.3) is 0 Å². The number of carbonyl (C=O) groups excluding carboxylic acids is 1. The van der Waals surface area contributed by atoms with E-state index in [0.29, 0.717) is 17.2 Å². The molecule has 72 valence electrons. The van der Waals surface area contributed by atoms with Crippen LogP contribution < -0.4 is 0 Å². The van der Waals surface area contributed by atoms with Crippen molar-refractivity contribution in [1.29, 1.82) is 0 Å². The maximum Gasteiger partial charge on any atom is 0.337 e. The lowest BCUT2D eigenvalue weighted by molar-refractivity contribution is 0.0600. The fraction of sp³-hybridized carbons (Fsp3) is 0.300. The van der Waals surface area contributed by atoms with Gasteiger partial charge < -0.3 is 4.74 Å². The number of methoxy groups -OCH3 is 1. The third-order valence-corrected chi connectivity index (χ3v) is 2.51. The van der Waals surface area contributed by atoms with Gasteiger partial charge >= 0.3 is 5.97 Å². The summed E-state index contributed by atoms with van der Waals surface area (Å²) in [4.78, 5) is 11.3. The largest absolute Gasteiger partial charge is 0.465 e. The molecule has 2 radical (unpaired) electrons. The average molecular weight is 253 g/mol. The SMILES string of the molecule is [B]Cc1cc(CBr)cc(C(=O)OC)c1. The van der Waals surface area contributed by atoms with Gasteiger partial charge in [0.25, 0.3) is 0 Å². The van der Waals surface area contributed by atoms with Crippen molar-refractivity contribution in [1.82, 2.24) is 0 Å². The molecule has 0 aromatic heterocycles.